The topological polar surface area (TPSA) is 73.6 Å². The molecular formula is C15H24N2O3. The Bertz CT molecular complexity index is 420. The lowest BCUT2D eigenvalue weighted by Gasteiger charge is -2.26. The Morgan fingerprint density at radius 1 is 1.20 bits per heavy atom. The first-order valence-corrected chi connectivity index (χ1v) is 6.92. The van der Waals surface area contributed by atoms with Crippen LogP contribution in [0.25, 0.3) is 0 Å². The van der Waals surface area contributed by atoms with E-state index in [1.165, 1.54) is 0 Å². The number of hydrogen-bond donors (Lipinski definition) is 2. The van der Waals surface area contributed by atoms with Crippen molar-refractivity contribution in [3.05, 3.63) is 24.3 Å². The standard InChI is InChI=1S/C15H24N2O3/c1-4-17-15(3,14(16)18)10-11-20-13-8-6-12(7-9-13)19-5-2/h6-9,17H,4-5,10-11H2,1-3H3,(H2,16,18). The van der Waals surface area contributed by atoms with Crippen LogP contribution in [0.2, 0.25) is 0 Å². The molecule has 5 heteroatoms. The first-order chi connectivity index (χ1) is 9.51. The number of benzene rings is 1. The van der Waals surface area contributed by atoms with E-state index in [0.717, 1.165) is 11.5 Å². The smallest absolute Gasteiger partial charge is 0.237 e. The quantitative estimate of drug-likeness (QED) is 0.722. The molecule has 1 amide bonds. The number of ether oxygens (including phenoxy) is 2. The third-order valence-electron chi connectivity index (χ3n) is 3.12. The van der Waals surface area contributed by atoms with Gasteiger partial charge in [-0.1, -0.05) is 6.92 Å². The predicted octanol–water partition coefficient (Wildman–Crippen LogP) is 1.71. The maximum atomic E-state index is 11.5. The molecule has 0 fully saturated rings. The minimum absolute atomic E-state index is 0.366. The SMILES string of the molecule is CCNC(C)(CCOc1ccc(OCC)cc1)C(N)=O. The number of nitrogens with one attached hydrogen (secondary N) is 1. The molecule has 0 aliphatic heterocycles. The summed E-state index contributed by atoms with van der Waals surface area (Å²) in [5.74, 6) is 1.20. The lowest BCUT2D eigenvalue weighted by Crippen LogP contribution is -2.53. The lowest BCUT2D eigenvalue weighted by atomic mass is 9.97. The maximum Gasteiger partial charge on any atom is 0.237 e. The average molecular weight is 280 g/mol. The van der Waals surface area contributed by atoms with Crippen LogP contribution in [0.1, 0.15) is 27.2 Å². The summed E-state index contributed by atoms with van der Waals surface area (Å²) in [7, 11) is 0. The maximum absolute atomic E-state index is 11.5. The number of hydrogen-bond acceptors (Lipinski definition) is 4. The number of carbonyl (C=O) groups excluding carboxylic acids is 1. The molecule has 0 radical (unpaired) electrons. The summed E-state index contributed by atoms with van der Waals surface area (Å²) in [6.45, 7) is 7.41. The van der Waals surface area contributed by atoms with E-state index in [-0.39, 0.29) is 5.91 Å². The monoisotopic (exact) mass is 280 g/mol. The van der Waals surface area contributed by atoms with Crippen molar-refractivity contribution in [2.24, 2.45) is 5.73 Å². The Morgan fingerprint density at radius 2 is 1.75 bits per heavy atom. The molecule has 0 saturated heterocycles. The van der Waals surface area contributed by atoms with E-state index >= 15 is 0 Å². The van der Waals surface area contributed by atoms with Gasteiger partial charge in [0.15, 0.2) is 0 Å². The van der Waals surface area contributed by atoms with E-state index in [2.05, 4.69) is 5.32 Å². The zero-order chi connectivity index (χ0) is 15.0. The fourth-order valence-corrected chi connectivity index (χ4v) is 1.86. The second-order valence-electron chi connectivity index (χ2n) is 4.73. The molecule has 1 aromatic rings. The lowest BCUT2D eigenvalue weighted by molar-refractivity contribution is -0.124. The number of likely N-dealkylation sites (N-methyl/N-ethyl adjacent to an activating group) is 1. The normalized spacial score (nSPS) is 13.6. The van der Waals surface area contributed by atoms with Gasteiger partial charge in [-0.2, -0.15) is 0 Å². The second-order valence-corrected chi connectivity index (χ2v) is 4.73. The Hall–Kier alpha value is -1.75. The molecule has 1 rings (SSSR count). The molecule has 20 heavy (non-hydrogen) atoms. The summed E-state index contributed by atoms with van der Waals surface area (Å²) >= 11 is 0. The summed E-state index contributed by atoms with van der Waals surface area (Å²) in [5.41, 5.74) is 4.68. The van der Waals surface area contributed by atoms with Gasteiger partial charge in [0, 0.05) is 6.42 Å². The Kier molecular flexibility index (Phi) is 6.31. The molecule has 1 unspecified atom stereocenters. The first kappa shape index (κ1) is 16.3. The van der Waals surface area contributed by atoms with Crippen molar-refractivity contribution in [1.82, 2.24) is 5.32 Å². The molecule has 3 N–H and O–H groups in total. The van der Waals surface area contributed by atoms with Crippen LogP contribution in [0.4, 0.5) is 0 Å². The van der Waals surface area contributed by atoms with Crippen LogP contribution in [0.5, 0.6) is 11.5 Å². The molecule has 0 spiro atoms. The summed E-state index contributed by atoms with van der Waals surface area (Å²) in [4.78, 5) is 11.5. The van der Waals surface area contributed by atoms with Crippen molar-refractivity contribution in [2.75, 3.05) is 19.8 Å². The van der Waals surface area contributed by atoms with Gasteiger partial charge >= 0.3 is 0 Å². The average Bonchev–Trinajstić information content (AvgIpc) is 2.41. The zero-order valence-electron chi connectivity index (χ0n) is 12.4. The number of primary amides is 1. The highest BCUT2D eigenvalue weighted by atomic mass is 16.5. The summed E-state index contributed by atoms with van der Waals surface area (Å²) in [6, 6.07) is 7.41. The van der Waals surface area contributed by atoms with Gasteiger partial charge in [0.25, 0.3) is 0 Å². The van der Waals surface area contributed by atoms with Gasteiger partial charge in [-0.3, -0.25) is 4.79 Å². The van der Waals surface area contributed by atoms with Crippen molar-refractivity contribution in [3.8, 4) is 11.5 Å². The molecule has 1 atom stereocenters. The zero-order valence-corrected chi connectivity index (χ0v) is 12.4. The van der Waals surface area contributed by atoms with Crippen LogP contribution in [-0.4, -0.2) is 31.2 Å². The van der Waals surface area contributed by atoms with Crippen LogP contribution in [-0.2, 0) is 4.79 Å². The molecular weight excluding hydrogens is 256 g/mol. The van der Waals surface area contributed by atoms with Crippen LogP contribution in [0.15, 0.2) is 24.3 Å². The molecule has 112 valence electrons. The number of amides is 1. The van der Waals surface area contributed by atoms with Crippen molar-refractivity contribution in [3.63, 3.8) is 0 Å². The fourth-order valence-electron chi connectivity index (χ4n) is 1.86. The molecule has 0 saturated carbocycles. The van der Waals surface area contributed by atoms with E-state index in [9.17, 15) is 4.79 Å². The number of rotatable bonds is 9. The molecule has 0 aromatic heterocycles. The molecule has 5 nitrogen and oxygen atoms in total. The second kappa shape index (κ2) is 7.75. The summed E-state index contributed by atoms with van der Waals surface area (Å²) < 4.78 is 11.0. The molecule has 0 bridgehead atoms. The van der Waals surface area contributed by atoms with Crippen molar-refractivity contribution in [2.45, 2.75) is 32.7 Å². The van der Waals surface area contributed by atoms with Crippen molar-refractivity contribution in [1.29, 1.82) is 0 Å². The first-order valence-electron chi connectivity index (χ1n) is 6.92. The van der Waals surface area contributed by atoms with Crippen LogP contribution < -0.4 is 20.5 Å². The predicted molar refractivity (Wildman–Crippen MR) is 79.0 cm³/mol. The minimum Gasteiger partial charge on any atom is -0.494 e. The summed E-state index contributed by atoms with van der Waals surface area (Å²) in [5, 5.41) is 3.10. The Labute approximate surface area is 120 Å². The van der Waals surface area contributed by atoms with Gasteiger partial charge in [0.2, 0.25) is 5.91 Å². The van der Waals surface area contributed by atoms with Crippen molar-refractivity contribution >= 4 is 5.91 Å². The van der Waals surface area contributed by atoms with E-state index in [1.54, 1.807) is 6.92 Å². The van der Waals surface area contributed by atoms with Gasteiger partial charge in [-0.25, -0.2) is 0 Å². The minimum atomic E-state index is -0.736. The van der Waals surface area contributed by atoms with Gasteiger partial charge in [0.1, 0.15) is 11.5 Å². The molecule has 1 aromatic carbocycles. The Balaban J connectivity index is 2.48. The van der Waals surface area contributed by atoms with Gasteiger partial charge in [-0.05, 0) is 44.7 Å². The van der Waals surface area contributed by atoms with Gasteiger partial charge in [-0.15, -0.1) is 0 Å². The molecule has 0 aliphatic rings. The van der Waals surface area contributed by atoms with Crippen LogP contribution in [0.3, 0.4) is 0 Å². The summed E-state index contributed by atoms with van der Waals surface area (Å²) in [6.07, 6.45) is 0.517. The molecule has 0 aliphatic carbocycles. The Morgan fingerprint density at radius 3 is 2.20 bits per heavy atom. The van der Waals surface area contributed by atoms with E-state index in [1.807, 2.05) is 38.1 Å². The number of carbonyl (C=O) groups is 1. The van der Waals surface area contributed by atoms with Crippen LogP contribution >= 0.6 is 0 Å². The molecule has 0 heterocycles. The highest BCUT2D eigenvalue weighted by molar-refractivity contribution is 5.84. The highest BCUT2D eigenvalue weighted by Crippen LogP contribution is 2.18. The fraction of sp³-hybridized carbons (Fsp3) is 0.533. The van der Waals surface area contributed by atoms with E-state index in [0.29, 0.717) is 26.2 Å². The largest absolute Gasteiger partial charge is 0.494 e. The van der Waals surface area contributed by atoms with Gasteiger partial charge < -0.3 is 20.5 Å². The van der Waals surface area contributed by atoms with Crippen molar-refractivity contribution < 1.29 is 14.3 Å². The highest BCUT2D eigenvalue weighted by Gasteiger charge is 2.29. The van der Waals surface area contributed by atoms with Gasteiger partial charge in [0.05, 0.1) is 18.8 Å². The van der Waals surface area contributed by atoms with E-state index in [4.69, 9.17) is 15.2 Å². The third-order valence-corrected chi connectivity index (χ3v) is 3.12. The third kappa shape index (κ3) is 4.74. The number of nitrogens with two attached hydrogens (primary N) is 1. The van der Waals surface area contributed by atoms with Crippen LogP contribution in [0, 0.1) is 0 Å². The van der Waals surface area contributed by atoms with E-state index < -0.39 is 5.54 Å².